The smallest absolute Gasteiger partial charge is 0.369 e. The Hall–Kier alpha value is -2.44. The zero-order chi connectivity index (χ0) is 15.2. The third-order valence-electron chi connectivity index (χ3n) is 3.14. The van der Waals surface area contributed by atoms with Crippen molar-refractivity contribution in [1.29, 1.82) is 0 Å². The molecule has 21 heavy (non-hydrogen) atoms. The second kappa shape index (κ2) is 6.83. The highest BCUT2D eigenvalue weighted by molar-refractivity contribution is 5.86. The fourth-order valence-corrected chi connectivity index (χ4v) is 2.09. The van der Waals surface area contributed by atoms with E-state index in [1.165, 1.54) is 0 Å². The van der Waals surface area contributed by atoms with Crippen LogP contribution >= 0.6 is 0 Å². The van der Waals surface area contributed by atoms with Gasteiger partial charge in [0, 0.05) is 5.56 Å². The molecule has 2 rings (SSSR count). The molecular weight excluding hydrogens is 272 g/mol. The topological polar surface area (TPSA) is 67.1 Å². The zero-order valence-electron chi connectivity index (χ0n) is 12.8. The quantitative estimate of drug-likeness (QED) is 0.462. The molecule has 0 spiro atoms. The van der Waals surface area contributed by atoms with Crippen LogP contribution in [-0.2, 0) is 0 Å². The summed E-state index contributed by atoms with van der Waals surface area (Å²) < 4.78 is 17.8. The normalized spacial score (nSPS) is 13.8. The predicted molar refractivity (Wildman–Crippen MR) is 80.9 cm³/mol. The molecule has 1 heterocycles. The molecule has 0 aromatic heterocycles. The Morgan fingerprint density at radius 1 is 1.05 bits per heavy atom. The van der Waals surface area contributed by atoms with Crippen LogP contribution in [0.5, 0.6) is 17.2 Å². The third-order valence-corrected chi connectivity index (χ3v) is 3.14. The Balaban J connectivity index is 2.33. The second-order valence-corrected chi connectivity index (χ2v) is 4.39. The minimum atomic E-state index is 0.552. The minimum absolute atomic E-state index is 0.552. The van der Waals surface area contributed by atoms with Crippen LogP contribution < -0.4 is 24.8 Å². The summed E-state index contributed by atoms with van der Waals surface area (Å²) in [5.74, 6) is 2.64. The summed E-state index contributed by atoms with van der Waals surface area (Å²) in [6.07, 6.45) is 1.72. The Labute approximate surface area is 124 Å². The van der Waals surface area contributed by atoms with Gasteiger partial charge in [-0.2, -0.15) is 0 Å². The highest BCUT2D eigenvalue weighted by atomic mass is 16.5. The number of nitrogens with one attached hydrogen (secondary N) is 2. The summed E-state index contributed by atoms with van der Waals surface area (Å²) in [6, 6.07) is 3.69. The van der Waals surface area contributed by atoms with Gasteiger partial charge >= 0.3 is 5.96 Å². The van der Waals surface area contributed by atoms with E-state index in [1.54, 1.807) is 32.2 Å². The van der Waals surface area contributed by atoms with E-state index in [0.717, 1.165) is 24.6 Å². The molecule has 1 aromatic carbocycles. The highest BCUT2D eigenvalue weighted by Gasteiger charge is 2.17. The number of nitrogens with zero attached hydrogens (tertiary/aromatic N) is 2. The van der Waals surface area contributed by atoms with Gasteiger partial charge in [-0.15, -0.1) is 9.79 Å². The lowest BCUT2D eigenvalue weighted by Crippen LogP contribution is -2.31. The van der Waals surface area contributed by atoms with Crippen molar-refractivity contribution in [3.05, 3.63) is 17.7 Å². The van der Waals surface area contributed by atoms with Crippen LogP contribution in [0.1, 0.15) is 5.56 Å². The number of hydrazone groups is 1. The van der Waals surface area contributed by atoms with Crippen molar-refractivity contribution in [2.45, 2.75) is 0 Å². The molecule has 0 saturated carbocycles. The lowest BCUT2D eigenvalue weighted by molar-refractivity contribution is -0.505. The number of hydrogen-bond donors (Lipinski definition) is 2. The number of hydrogen-bond acceptors (Lipinski definition) is 4. The Kier molecular flexibility index (Phi) is 4.86. The molecule has 7 nitrogen and oxygen atoms in total. The molecule has 0 amide bonds. The molecule has 2 N–H and O–H groups in total. The lowest BCUT2D eigenvalue weighted by atomic mass is 10.2. The third kappa shape index (κ3) is 3.18. The van der Waals surface area contributed by atoms with Crippen molar-refractivity contribution < 1.29 is 18.9 Å². The average molecular weight is 293 g/mol. The van der Waals surface area contributed by atoms with Crippen molar-refractivity contribution in [2.75, 3.05) is 41.5 Å². The number of rotatable bonds is 5. The first-order chi connectivity index (χ1) is 10.2. The number of guanidine groups is 1. The lowest BCUT2D eigenvalue weighted by Gasteiger charge is -2.13. The van der Waals surface area contributed by atoms with Gasteiger partial charge in [0.25, 0.3) is 0 Å². The van der Waals surface area contributed by atoms with Gasteiger partial charge in [0.2, 0.25) is 5.75 Å². The Morgan fingerprint density at radius 2 is 1.71 bits per heavy atom. The van der Waals surface area contributed by atoms with Crippen LogP contribution in [0.4, 0.5) is 0 Å². The van der Waals surface area contributed by atoms with Gasteiger partial charge in [0.05, 0.1) is 47.7 Å². The van der Waals surface area contributed by atoms with Crippen molar-refractivity contribution in [2.24, 2.45) is 5.10 Å². The largest absolute Gasteiger partial charge is 0.493 e. The standard InChI is InChI=1S/C14H20N4O3/c1-18(14-15-7-8-16-14)17-9-10-5-6-11(19-2)13(21-4)12(10)20-3/h5-6,9H,7-8H2,1-4H3,(H,15,16)/p+1/b17-9-. The van der Waals surface area contributed by atoms with Crippen molar-refractivity contribution in [1.82, 2.24) is 10.6 Å². The minimum Gasteiger partial charge on any atom is -0.493 e. The van der Waals surface area contributed by atoms with Crippen molar-refractivity contribution in [3.63, 3.8) is 0 Å². The first-order valence-electron chi connectivity index (χ1n) is 6.62. The van der Waals surface area contributed by atoms with Crippen molar-refractivity contribution in [3.8, 4) is 17.2 Å². The molecule has 7 heteroatoms. The summed E-state index contributed by atoms with van der Waals surface area (Å²) in [7, 11) is 6.63. The van der Waals surface area contributed by atoms with E-state index in [9.17, 15) is 0 Å². The van der Waals surface area contributed by atoms with Gasteiger partial charge in [0.15, 0.2) is 11.5 Å². The molecule has 1 aliphatic rings. The summed E-state index contributed by atoms with van der Waals surface area (Å²) in [6.45, 7) is 1.80. The van der Waals surface area contributed by atoms with Gasteiger partial charge in [0.1, 0.15) is 0 Å². The molecule has 0 atom stereocenters. The molecule has 1 saturated heterocycles. The van der Waals surface area contributed by atoms with Crippen LogP contribution in [-0.4, -0.2) is 58.3 Å². The SMILES string of the molecule is COc1ccc(/C=N\[N+](C)=C2NCCN2)c(OC)c1OC. The second-order valence-electron chi connectivity index (χ2n) is 4.39. The van der Waals surface area contributed by atoms with Crippen molar-refractivity contribution >= 4 is 12.2 Å². The summed E-state index contributed by atoms with van der Waals surface area (Å²) in [4.78, 5) is 0. The Morgan fingerprint density at radius 3 is 2.29 bits per heavy atom. The van der Waals surface area contributed by atoms with Crippen LogP contribution in [0.15, 0.2) is 17.2 Å². The van der Waals surface area contributed by atoms with Crippen LogP contribution in [0.25, 0.3) is 0 Å². The van der Waals surface area contributed by atoms with E-state index < -0.39 is 0 Å². The Bertz CT molecular complexity index is 562. The molecule has 1 fully saturated rings. The van der Waals surface area contributed by atoms with Gasteiger partial charge in [-0.05, 0) is 12.1 Å². The molecule has 0 bridgehead atoms. The molecular formula is C14H21N4O3+. The van der Waals surface area contributed by atoms with E-state index in [-0.39, 0.29) is 0 Å². The van der Waals surface area contributed by atoms with E-state index in [4.69, 9.17) is 14.2 Å². The fraction of sp³-hybridized carbons (Fsp3) is 0.429. The number of ether oxygens (including phenoxy) is 3. The van der Waals surface area contributed by atoms with E-state index >= 15 is 0 Å². The van der Waals surface area contributed by atoms with Crippen LogP contribution in [0.2, 0.25) is 0 Å². The fourth-order valence-electron chi connectivity index (χ4n) is 2.09. The molecule has 1 aromatic rings. The van der Waals surface area contributed by atoms with Crippen LogP contribution in [0, 0.1) is 0 Å². The summed E-state index contributed by atoms with van der Waals surface area (Å²) >= 11 is 0. The van der Waals surface area contributed by atoms with Gasteiger partial charge < -0.3 is 14.2 Å². The van der Waals surface area contributed by atoms with Gasteiger partial charge in [-0.1, -0.05) is 0 Å². The highest BCUT2D eigenvalue weighted by Crippen LogP contribution is 2.38. The zero-order valence-corrected chi connectivity index (χ0v) is 12.8. The maximum atomic E-state index is 5.41. The molecule has 0 unspecified atom stereocenters. The number of benzene rings is 1. The molecule has 1 aliphatic heterocycles. The number of methoxy groups -OCH3 is 3. The molecule has 0 radical (unpaired) electrons. The summed E-state index contributed by atoms with van der Waals surface area (Å²) in [5, 5.41) is 10.8. The van der Waals surface area contributed by atoms with Crippen LogP contribution in [0.3, 0.4) is 0 Å². The summed E-state index contributed by atoms with van der Waals surface area (Å²) in [5.41, 5.74) is 0.806. The van der Waals surface area contributed by atoms with E-state index in [0.29, 0.717) is 17.2 Å². The predicted octanol–water partition coefficient (Wildman–Crippen LogP) is 0.237. The maximum absolute atomic E-state index is 5.41. The molecule has 0 aliphatic carbocycles. The van der Waals surface area contributed by atoms with Gasteiger partial charge in [-0.25, -0.2) is 0 Å². The van der Waals surface area contributed by atoms with Gasteiger partial charge in [-0.3, -0.25) is 10.6 Å². The van der Waals surface area contributed by atoms with E-state index in [2.05, 4.69) is 15.7 Å². The first-order valence-corrected chi connectivity index (χ1v) is 6.62. The van der Waals surface area contributed by atoms with E-state index in [1.807, 2.05) is 19.2 Å². The average Bonchev–Trinajstić information content (AvgIpc) is 3.05. The monoisotopic (exact) mass is 293 g/mol. The first kappa shape index (κ1) is 15.0. The molecule has 114 valence electrons. The maximum Gasteiger partial charge on any atom is 0.369 e.